The molecule has 0 atom stereocenters. The van der Waals surface area contributed by atoms with E-state index in [1.54, 1.807) is 24.3 Å². The first-order valence-corrected chi connectivity index (χ1v) is 9.30. The average molecular weight is 382 g/mol. The standard InChI is InChI=1S/C17H16ClNO5S/c1-24-17(21)15-10-13(11-20)4-7-16(15)19-25(22,23)9-8-12-2-5-14(18)6-3-12/h2-7,10-11,19H,8-9H2,1H3. The summed E-state index contributed by atoms with van der Waals surface area (Å²) < 4.78 is 31.6. The van der Waals surface area contributed by atoms with Crippen LogP contribution in [-0.4, -0.2) is 33.5 Å². The molecule has 2 rings (SSSR count). The third-order valence-electron chi connectivity index (χ3n) is 3.42. The van der Waals surface area contributed by atoms with Crippen molar-refractivity contribution < 1.29 is 22.7 Å². The van der Waals surface area contributed by atoms with Crippen molar-refractivity contribution in [1.82, 2.24) is 0 Å². The molecule has 0 aromatic heterocycles. The Bertz CT molecular complexity index is 878. The number of ether oxygens (including phenoxy) is 1. The molecule has 0 fully saturated rings. The number of aldehydes is 1. The smallest absolute Gasteiger partial charge is 0.340 e. The zero-order valence-electron chi connectivity index (χ0n) is 13.4. The van der Waals surface area contributed by atoms with Crippen LogP contribution in [0.4, 0.5) is 5.69 Å². The number of benzene rings is 2. The summed E-state index contributed by atoms with van der Waals surface area (Å²) in [4.78, 5) is 22.7. The van der Waals surface area contributed by atoms with Crippen molar-refractivity contribution in [2.45, 2.75) is 6.42 Å². The van der Waals surface area contributed by atoms with Gasteiger partial charge in [0.1, 0.15) is 6.29 Å². The lowest BCUT2D eigenvalue weighted by molar-refractivity contribution is 0.0602. The van der Waals surface area contributed by atoms with Gasteiger partial charge in [-0.1, -0.05) is 23.7 Å². The van der Waals surface area contributed by atoms with Gasteiger partial charge in [0.05, 0.1) is 24.1 Å². The molecule has 0 bridgehead atoms. The maximum Gasteiger partial charge on any atom is 0.340 e. The summed E-state index contributed by atoms with van der Waals surface area (Å²) in [6, 6.07) is 10.9. The van der Waals surface area contributed by atoms with Crippen molar-refractivity contribution in [3.05, 3.63) is 64.2 Å². The van der Waals surface area contributed by atoms with E-state index in [9.17, 15) is 18.0 Å². The van der Waals surface area contributed by atoms with Gasteiger partial charge in [-0.2, -0.15) is 0 Å². The van der Waals surface area contributed by atoms with Crippen LogP contribution in [0.25, 0.3) is 0 Å². The lowest BCUT2D eigenvalue weighted by atomic mass is 10.1. The largest absolute Gasteiger partial charge is 0.465 e. The van der Waals surface area contributed by atoms with Crippen molar-refractivity contribution in [1.29, 1.82) is 0 Å². The molecule has 0 radical (unpaired) electrons. The maximum absolute atomic E-state index is 12.3. The minimum atomic E-state index is -3.71. The van der Waals surface area contributed by atoms with Crippen LogP contribution in [0.5, 0.6) is 0 Å². The van der Waals surface area contributed by atoms with Crippen LogP contribution >= 0.6 is 11.6 Å². The molecule has 0 aliphatic heterocycles. The Morgan fingerprint density at radius 2 is 1.88 bits per heavy atom. The molecule has 0 aliphatic carbocycles. The predicted molar refractivity (Wildman–Crippen MR) is 95.7 cm³/mol. The highest BCUT2D eigenvalue weighted by atomic mass is 35.5. The number of hydrogen-bond acceptors (Lipinski definition) is 5. The second-order valence-corrected chi connectivity index (χ2v) is 7.49. The van der Waals surface area contributed by atoms with E-state index in [1.165, 1.54) is 25.3 Å². The molecule has 0 spiro atoms. The lowest BCUT2D eigenvalue weighted by Crippen LogP contribution is -2.20. The first kappa shape index (κ1) is 19.0. The molecule has 6 nitrogen and oxygen atoms in total. The Balaban J connectivity index is 2.17. The van der Waals surface area contributed by atoms with Gasteiger partial charge in [-0.3, -0.25) is 9.52 Å². The Morgan fingerprint density at radius 3 is 2.48 bits per heavy atom. The summed E-state index contributed by atoms with van der Waals surface area (Å²) >= 11 is 5.80. The number of aryl methyl sites for hydroxylation is 1. The zero-order valence-corrected chi connectivity index (χ0v) is 14.9. The van der Waals surface area contributed by atoms with Gasteiger partial charge in [0.2, 0.25) is 10.0 Å². The first-order chi connectivity index (χ1) is 11.8. The molecular weight excluding hydrogens is 366 g/mol. The minimum absolute atomic E-state index is 0.0258. The van der Waals surface area contributed by atoms with Crippen LogP contribution in [0.1, 0.15) is 26.3 Å². The molecule has 132 valence electrons. The summed E-state index contributed by atoms with van der Waals surface area (Å²) in [5, 5.41) is 0.572. The number of methoxy groups -OCH3 is 1. The summed E-state index contributed by atoms with van der Waals surface area (Å²) in [6.07, 6.45) is 0.845. The molecular formula is C17H16ClNO5S. The van der Waals surface area contributed by atoms with E-state index in [4.69, 9.17) is 11.6 Å². The van der Waals surface area contributed by atoms with E-state index in [0.29, 0.717) is 11.3 Å². The molecule has 0 unspecified atom stereocenters. The van der Waals surface area contributed by atoms with Crippen molar-refractivity contribution in [2.75, 3.05) is 17.6 Å². The molecule has 0 aliphatic rings. The fourth-order valence-corrected chi connectivity index (χ4v) is 3.37. The van der Waals surface area contributed by atoms with E-state index in [-0.39, 0.29) is 29.0 Å². The van der Waals surface area contributed by atoms with E-state index in [0.717, 1.165) is 5.56 Å². The second kappa shape index (κ2) is 8.13. The van der Waals surface area contributed by atoms with Crippen LogP contribution < -0.4 is 4.72 Å². The third-order valence-corrected chi connectivity index (χ3v) is 4.95. The Labute approximate surface area is 150 Å². The SMILES string of the molecule is COC(=O)c1cc(C=O)ccc1NS(=O)(=O)CCc1ccc(Cl)cc1. The number of rotatable bonds is 7. The van der Waals surface area contributed by atoms with Crippen LogP contribution in [-0.2, 0) is 21.2 Å². The molecule has 0 saturated heterocycles. The lowest BCUT2D eigenvalue weighted by Gasteiger charge is -2.12. The highest BCUT2D eigenvalue weighted by molar-refractivity contribution is 7.92. The minimum Gasteiger partial charge on any atom is -0.465 e. The Kier molecular flexibility index (Phi) is 6.17. The topological polar surface area (TPSA) is 89.5 Å². The number of hydrogen-bond donors (Lipinski definition) is 1. The predicted octanol–water partition coefficient (Wildman–Crippen LogP) is 2.92. The molecule has 8 heteroatoms. The van der Waals surface area contributed by atoms with E-state index in [1.807, 2.05) is 0 Å². The number of sulfonamides is 1. The van der Waals surface area contributed by atoms with Gasteiger partial charge in [-0.05, 0) is 42.3 Å². The van der Waals surface area contributed by atoms with Crippen LogP contribution in [0.3, 0.4) is 0 Å². The summed E-state index contributed by atoms with van der Waals surface area (Å²) in [7, 11) is -2.53. The quantitative estimate of drug-likeness (QED) is 0.588. The highest BCUT2D eigenvalue weighted by Gasteiger charge is 2.18. The van der Waals surface area contributed by atoms with Crippen LogP contribution in [0.2, 0.25) is 5.02 Å². The molecule has 0 amide bonds. The van der Waals surface area contributed by atoms with Crippen molar-refractivity contribution in [3.63, 3.8) is 0 Å². The van der Waals surface area contributed by atoms with Crippen LogP contribution in [0.15, 0.2) is 42.5 Å². The molecule has 0 heterocycles. The highest BCUT2D eigenvalue weighted by Crippen LogP contribution is 2.20. The Morgan fingerprint density at radius 1 is 1.20 bits per heavy atom. The average Bonchev–Trinajstić information content (AvgIpc) is 2.60. The fraction of sp³-hybridized carbons (Fsp3) is 0.176. The molecule has 0 saturated carbocycles. The summed E-state index contributed by atoms with van der Waals surface area (Å²) in [5.41, 5.74) is 1.10. The third kappa shape index (κ3) is 5.30. The number of carbonyl (C=O) groups excluding carboxylic acids is 2. The van der Waals surface area contributed by atoms with Crippen LogP contribution in [0, 0.1) is 0 Å². The van der Waals surface area contributed by atoms with Gasteiger partial charge < -0.3 is 4.74 Å². The summed E-state index contributed by atoms with van der Waals surface area (Å²) in [6.45, 7) is 0. The zero-order chi connectivity index (χ0) is 18.4. The van der Waals surface area contributed by atoms with E-state index < -0.39 is 16.0 Å². The Hall–Kier alpha value is -2.38. The van der Waals surface area contributed by atoms with Gasteiger partial charge in [0.15, 0.2) is 0 Å². The van der Waals surface area contributed by atoms with Crippen molar-refractivity contribution in [2.24, 2.45) is 0 Å². The van der Waals surface area contributed by atoms with Gasteiger partial charge >= 0.3 is 5.97 Å². The maximum atomic E-state index is 12.3. The number of anilines is 1. The molecule has 2 aromatic carbocycles. The van der Waals surface area contributed by atoms with Crippen molar-refractivity contribution >= 4 is 39.6 Å². The van der Waals surface area contributed by atoms with Gasteiger partial charge in [-0.25, -0.2) is 13.2 Å². The molecule has 25 heavy (non-hydrogen) atoms. The molecule has 1 N–H and O–H groups in total. The van der Waals surface area contributed by atoms with Gasteiger partial charge in [-0.15, -0.1) is 0 Å². The summed E-state index contributed by atoms with van der Waals surface area (Å²) in [5.74, 6) is -0.913. The van der Waals surface area contributed by atoms with Gasteiger partial charge in [0, 0.05) is 10.6 Å². The molecule has 2 aromatic rings. The second-order valence-electron chi connectivity index (χ2n) is 5.21. The normalized spacial score (nSPS) is 11.0. The van der Waals surface area contributed by atoms with E-state index >= 15 is 0 Å². The number of halogens is 1. The van der Waals surface area contributed by atoms with Gasteiger partial charge in [0.25, 0.3) is 0 Å². The number of carbonyl (C=O) groups is 2. The monoisotopic (exact) mass is 381 g/mol. The van der Waals surface area contributed by atoms with E-state index in [2.05, 4.69) is 9.46 Å². The fourth-order valence-electron chi connectivity index (χ4n) is 2.12. The first-order valence-electron chi connectivity index (χ1n) is 7.27. The number of esters is 1. The number of nitrogens with one attached hydrogen (secondary N) is 1. The van der Waals surface area contributed by atoms with Crippen molar-refractivity contribution in [3.8, 4) is 0 Å².